The Labute approximate surface area is 119 Å². The quantitative estimate of drug-likeness (QED) is 0.835. The van der Waals surface area contributed by atoms with Gasteiger partial charge < -0.3 is 9.72 Å². The lowest BCUT2D eigenvalue weighted by Gasteiger charge is -2.22. The Morgan fingerprint density at radius 3 is 3.16 bits per heavy atom. The SMILES string of the molecule is CCOC(=O)C1Cc2c([nH]c3ccc(Br)cc23)CN1. The van der Waals surface area contributed by atoms with Gasteiger partial charge in [-0.3, -0.25) is 10.1 Å². The summed E-state index contributed by atoms with van der Waals surface area (Å²) in [6.45, 7) is 2.92. The predicted molar refractivity (Wildman–Crippen MR) is 77.0 cm³/mol. The van der Waals surface area contributed by atoms with E-state index in [1.165, 1.54) is 10.9 Å². The Balaban J connectivity index is 1.97. The standard InChI is InChI=1S/C14H15BrN2O2/c1-2-19-14(18)12-6-10-9-5-8(15)3-4-11(9)17-13(10)7-16-12/h3-5,12,16-17H,2,6-7H2,1H3. The van der Waals surface area contributed by atoms with Crippen molar-refractivity contribution in [3.05, 3.63) is 33.9 Å². The van der Waals surface area contributed by atoms with E-state index in [-0.39, 0.29) is 12.0 Å². The number of nitrogens with one attached hydrogen (secondary N) is 2. The van der Waals surface area contributed by atoms with Gasteiger partial charge in [-0.15, -0.1) is 0 Å². The topological polar surface area (TPSA) is 54.1 Å². The van der Waals surface area contributed by atoms with Crippen LogP contribution < -0.4 is 5.32 Å². The second kappa shape index (κ2) is 4.98. The zero-order valence-electron chi connectivity index (χ0n) is 10.6. The molecule has 4 nitrogen and oxygen atoms in total. The summed E-state index contributed by atoms with van der Waals surface area (Å²) in [6, 6.07) is 5.92. The van der Waals surface area contributed by atoms with E-state index < -0.39 is 0 Å². The van der Waals surface area contributed by atoms with Crippen molar-refractivity contribution in [3.8, 4) is 0 Å². The Bertz CT molecular complexity index is 636. The molecule has 100 valence electrons. The first-order chi connectivity index (χ1) is 9.19. The van der Waals surface area contributed by atoms with Gasteiger partial charge in [-0.1, -0.05) is 15.9 Å². The van der Waals surface area contributed by atoms with Crippen molar-refractivity contribution in [1.29, 1.82) is 0 Å². The molecule has 2 aromatic rings. The Morgan fingerprint density at radius 2 is 2.37 bits per heavy atom. The average molecular weight is 323 g/mol. The van der Waals surface area contributed by atoms with Crippen molar-refractivity contribution >= 4 is 32.8 Å². The number of hydrogen-bond acceptors (Lipinski definition) is 3. The zero-order chi connectivity index (χ0) is 13.4. The van der Waals surface area contributed by atoms with Gasteiger partial charge in [-0.25, -0.2) is 0 Å². The molecular weight excluding hydrogens is 308 g/mol. The van der Waals surface area contributed by atoms with Crippen molar-refractivity contribution in [3.63, 3.8) is 0 Å². The predicted octanol–water partition coefficient (Wildman–Crippen LogP) is 2.51. The number of aromatic nitrogens is 1. The summed E-state index contributed by atoms with van der Waals surface area (Å²) in [5.74, 6) is -0.169. The summed E-state index contributed by atoms with van der Waals surface area (Å²) in [4.78, 5) is 15.2. The summed E-state index contributed by atoms with van der Waals surface area (Å²) >= 11 is 3.49. The van der Waals surface area contributed by atoms with Crippen LogP contribution in [-0.4, -0.2) is 23.6 Å². The molecule has 0 bridgehead atoms. The molecule has 19 heavy (non-hydrogen) atoms. The summed E-state index contributed by atoms with van der Waals surface area (Å²) in [6.07, 6.45) is 0.671. The van der Waals surface area contributed by atoms with Gasteiger partial charge in [0.05, 0.1) is 6.61 Å². The number of halogens is 1. The van der Waals surface area contributed by atoms with Crippen LogP contribution in [0, 0.1) is 0 Å². The van der Waals surface area contributed by atoms with Crippen LogP contribution in [0.15, 0.2) is 22.7 Å². The third-order valence-corrected chi connectivity index (χ3v) is 3.95. The Morgan fingerprint density at radius 1 is 1.53 bits per heavy atom. The molecule has 1 atom stereocenters. The second-order valence-corrected chi connectivity index (χ2v) is 5.58. The van der Waals surface area contributed by atoms with Crippen LogP contribution in [0.1, 0.15) is 18.2 Å². The lowest BCUT2D eigenvalue weighted by molar-refractivity contribution is -0.145. The first-order valence-electron chi connectivity index (χ1n) is 6.38. The largest absolute Gasteiger partial charge is 0.465 e. The number of rotatable bonds is 2. The van der Waals surface area contributed by atoms with Crippen LogP contribution in [0.4, 0.5) is 0 Å². The molecule has 1 aliphatic heterocycles. The molecular formula is C14H15BrN2O2. The van der Waals surface area contributed by atoms with Crippen molar-refractivity contribution in [2.75, 3.05) is 6.61 Å². The summed E-state index contributed by atoms with van der Waals surface area (Å²) in [5.41, 5.74) is 3.49. The van der Waals surface area contributed by atoms with E-state index in [4.69, 9.17) is 4.74 Å². The third-order valence-electron chi connectivity index (χ3n) is 3.46. The molecule has 2 heterocycles. The number of hydrogen-bond donors (Lipinski definition) is 2. The second-order valence-electron chi connectivity index (χ2n) is 4.66. The molecule has 0 spiro atoms. The van der Waals surface area contributed by atoms with Crippen molar-refractivity contribution in [1.82, 2.24) is 10.3 Å². The summed E-state index contributed by atoms with van der Waals surface area (Å²) in [7, 11) is 0. The van der Waals surface area contributed by atoms with Crippen LogP contribution >= 0.6 is 15.9 Å². The molecule has 0 saturated carbocycles. The first-order valence-corrected chi connectivity index (χ1v) is 7.17. The van der Waals surface area contributed by atoms with E-state index in [2.05, 4.69) is 38.4 Å². The minimum absolute atomic E-state index is 0.169. The number of ether oxygens (including phenoxy) is 1. The number of carbonyl (C=O) groups is 1. The van der Waals surface area contributed by atoms with E-state index in [0.717, 1.165) is 15.7 Å². The molecule has 0 saturated heterocycles. The molecule has 1 aromatic heterocycles. The number of aromatic amines is 1. The number of carbonyl (C=O) groups excluding carboxylic acids is 1. The van der Waals surface area contributed by atoms with Crippen LogP contribution in [-0.2, 0) is 22.5 Å². The van der Waals surface area contributed by atoms with Gasteiger partial charge in [-0.2, -0.15) is 0 Å². The molecule has 5 heteroatoms. The van der Waals surface area contributed by atoms with Gasteiger partial charge in [-0.05, 0) is 30.7 Å². The highest BCUT2D eigenvalue weighted by Crippen LogP contribution is 2.29. The van der Waals surface area contributed by atoms with Gasteiger partial charge in [0.25, 0.3) is 0 Å². The molecule has 0 fully saturated rings. The number of esters is 1. The maximum absolute atomic E-state index is 11.8. The number of benzene rings is 1. The van der Waals surface area contributed by atoms with Gasteiger partial charge in [0, 0.05) is 34.0 Å². The zero-order valence-corrected chi connectivity index (χ0v) is 12.2. The van der Waals surface area contributed by atoms with E-state index in [9.17, 15) is 4.79 Å². The highest BCUT2D eigenvalue weighted by Gasteiger charge is 2.27. The monoisotopic (exact) mass is 322 g/mol. The molecule has 1 aliphatic rings. The Hall–Kier alpha value is -1.33. The third kappa shape index (κ3) is 2.28. The van der Waals surface area contributed by atoms with E-state index >= 15 is 0 Å². The van der Waals surface area contributed by atoms with Gasteiger partial charge in [0.15, 0.2) is 0 Å². The van der Waals surface area contributed by atoms with Crippen LogP contribution in [0.2, 0.25) is 0 Å². The summed E-state index contributed by atoms with van der Waals surface area (Å²) in [5, 5.41) is 4.40. The Kier molecular flexibility index (Phi) is 3.33. The molecule has 2 N–H and O–H groups in total. The fourth-order valence-electron chi connectivity index (χ4n) is 2.57. The lowest BCUT2D eigenvalue weighted by atomic mass is 9.99. The molecule has 1 aromatic carbocycles. The van der Waals surface area contributed by atoms with Crippen molar-refractivity contribution in [2.45, 2.75) is 25.9 Å². The number of H-pyrrole nitrogens is 1. The van der Waals surface area contributed by atoms with E-state index in [1.54, 1.807) is 0 Å². The summed E-state index contributed by atoms with van der Waals surface area (Å²) < 4.78 is 6.14. The molecule has 0 amide bonds. The van der Waals surface area contributed by atoms with Crippen LogP contribution in [0.3, 0.4) is 0 Å². The number of fused-ring (bicyclic) bond motifs is 3. The van der Waals surface area contributed by atoms with Crippen LogP contribution in [0.5, 0.6) is 0 Å². The smallest absolute Gasteiger partial charge is 0.323 e. The van der Waals surface area contributed by atoms with Crippen LogP contribution in [0.25, 0.3) is 10.9 Å². The van der Waals surface area contributed by atoms with Crippen molar-refractivity contribution < 1.29 is 9.53 Å². The lowest BCUT2D eigenvalue weighted by Crippen LogP contribution is -2.42. The van der Waals surface area contributed by atoms with E-state index in [0.29, 0.717) is 19.6 Å². The normalized spacial score (nSPS) is 18.3. The molecule has 0 aliphatic carbocycles. The van der Waals surface area contributed by atoms with Gasteiger partial charge >= 0.3 is 5.97 Å². The van der Waals surface area contributed by atoms with E-state index in [1.807, 2.05) is 13.0 Å². The molecule has 0 radical (unpaired) electrons. The first kappa shape index (κ1) is 12.7. The minimum Gasteiger partial charge on any atom is -0.465 e. The molecule has 3 rings (SSSR count). The highest BCUT2D eigenvalue weighted by molar-refractivity contribution is 9.10. The fraction of sp³-hybridized carbons (Fsp3) is 0.357. The molecule has 1 unspecified atom stereocenters. The van der Waals surface area contributed by atoms with Gasteiger partial charge in [0.2, 0.25) is 0 Å². The average Bonchev–Trinajstić information content (AvgIpc) is 2.76. The van der Waals surface area contributed by atoms with Gasteiger partial charge in [0.1, 0.15) is 6.04 Å². The maximum Gasteiger partial charge on any atom is 0.323 e. The fourth-order valence-corrected chi connectivity index (χ4v) is 2.93. The maximum atomic E-state index is 11.8. The minimum atomic E-state index is -0.245. The van der Waals surface area contributed by atoms with Crippen molar-refractivity contribution in [2.24, 2.45) is 0 Å². The highest BCUT2D eigenvalue weighted by atomic mass is 79.9.